The molecule has 0 aromatic carbocycles. The summed E-state index contributed by atoms with van der Waals surface area (Å²) >= 11 is 0. The molecule has 0 radical (unpaired) electrons. The van der Waals surface area contributed by atoms with Gasteiger partial charge in [-0.1, -0.05) is 0 Å². The summed E-state index contributed by atoms with van der Waals surface area (Å²) in [6, 6.07) is -1.10. The number of nitro groups is 1. The molecule has 0 saturated heterocycles. The van der Waals surface area contributed by atoms with Crippen molar-refractivity contribution in [2.45, 2.75) is 39.2 Å². The smallest absolute Gasteiger partial charge is 0.240 e. The quantitative estimate of drug-likeness (QED) is 0.371. The van der Waals surface area contributed by atoms with Gasteiger partial charge in [-0.2, -0.15) is 0 Å². The van der Waals surface area contributed by atoms with E-state index in [0.29, 0.717) is 13.2 Å². The summed E-state index contributed by atoms with van der Waals surface area (Å²) < 4.78 is 10.1. The van der Waals surface area contributed by atoms with Crippen LogP contribution in [0.3, 0.4) is 0 Å². The number of hydrogen-bond acceptors (Lipinski definition) is 5. The van der Waals surface area contributed by atoms with Crippen LogP contribution in [0.15, 0.2) is 0 Å². The molecule has 0 aromatic heterocycles. The largest absolute Gasteiger partial charge is 0.381 e. The molecule has 0 amide bonds. The van der Waals surface area contributed by atoms with E-state index in [9.17, 15) is 15.2 Å². The molecule has 0 aliphatic rings. The van der Waals surface area contributed by atoms with E-state index in [0.717, 1.165) is 0 Å². The standard InChI is InChI=1S/C8H17NO5/c1-4-13-8(14-5-2)7(10)6(3)9(11)12/h6-8,10H,4-5H2,1-3H3. The number of aliphatic hydroxyl groups excluding tert-OH is 1. The topological polar surface area (TPSA) is 81.8 Å². The van der Waals surface area contributed by atoms with Gasteiger partial charge >= 0.3 is 0 Å². The molecule has 0 aliphatic carbocycles. The first-order valence-corrected chi connectivity index (χ1v) is 4.59. The van der Waals surface area contributed by atoms with Gasteiger partial charge in [0.15, 0.2) is 12.4 Å². The summed E-state index contributed by atoms with van der Waals surface area (Å²) in [5.74, 6) is 0. The van der Waals surface area contributed by atoms with Crippen LogP contribution in [0.1, 0.15) is 20.8 Å². The number of ether oxygens (including phenoxy) is 2. The second kappa shape index (κ2) is 6.69. The molecule has 2 unspecified atom stereocenters. The minimum absolute atomic E-state index is 0.339. The SMILES string of the molecule is CCOC(OCC)C(O)C(C)[N+](=O)[O-]. The molecule has 0 spiro atoms. The Morgan fingerprint density at radius 1 is 1.36 bits per heavy atom. The Labute approximate surface area is 83.0 Å². The summed E-state index contributed by atoms with van der Waals surface area (Å²) in [4.78, 5) is 9.83. The Hall–Kier alpha value is -0.720. The first kappa shape index (κ1) is 13.3. The van der Waals surface area contributed by atoms with Crippen molar-refractivity contribution in [3.05, 3.63) is 10.1 Å². The van der Waals surface area contributed by atoms with Crippen molar-refractivity contribution < 1.29 is 19.5 Å². The highest BCUT2D eigenvalue weighted by molar-refractivity contribution is 4.67. The zero-order valence-electron chi connectivity index (χ0n) is 8.67. The third kappa shape index (κ3) is 3.99. The van der Waals surface area contributed by atoms with Crippen LogP contribution in [0.4, 0.5) is 0 Å². The second-order valence-corrected chi connectivity index (χ2v) is 2.80. The first-order valence-electron chi connectivity index (χ1n) is 4.59. The Bertz CT molecular complexity index is 169. The third-order valence-electron chi connectivity index (χ3n) is 1.77. The summed E-state index contributed by atoms with van der Waals surface area (Å²) in [6.45, 7) is 5.46. The zero-order chi connectivity index (χ0) is 11.1. The Kier molecular flexibility index (Phi) is 6.35. The minimum Gasteiger partial charge on any atom is -0.381 e. The fraction of sp³-hybridized carbons (Fsp3) is 1.00. The van der Waals surface area contributed by atoms with Crippen molar-refractivity contribution >= 4 is 0 Å². The van der Waals surface area contributed by atoms with Gasteiger partial charge in [-0.25, -0.2) is 0 Å². The van der Waals surface area contributed by atoms with Crippen molar-refractivity contribution in [3.63, 3.8) is 0 Å². The number of nitrogens with zero attached hydrogens (tertiary/aromatic N) is 1. The first-order chi connectivity index (χ1) is 6.54. The van der Waals surface area contributed by atoms with E-state index in [4.69, 9.17) is 9.47 Å². The van der Waals surface area contributed by atoms with E-state index in [1.807, 2.05) is 0 Å². The van der Waals surface area contributed by atoms with Crippen molar-refractivity contribution in [3.8, 4) is 0 Å². The van der Waals surface area contributed by atoms with E-state index in [2.05, 4.69) is 0 Å². The van der Waals surface area contributed by atoms with Crippen molar-refractivity contribution in [2.75, 3.05) is 13.2 Å². The van der Waals surface area contributed by atoms with Crippen LogP contribution >= 0.6 is 0 Å². The molecule has 0 fully saturated rings. The van der Waals surface area contributed by atoms with Crippen LogP contribution in [0.2, 0.25) is 0 Å². The van der Waals surface area contributed by atoms with Crippen molar-refractivity contribution in [1.82, 2.24) is 0 Å². The van der Waals surface area contributed by atoms with Gasteiger partial charge in [0, 0.05) is 25.1 Å². The van der Waals surface area contributed by atoms with Gasteiger partial charge in [0.2, 0.25) is 6.04 Å². The lowest BCUT2D eigenvalue weighted by atomic mass is 10.2. The van der Waals surface area contributed by atoms with Gasteiger partial charge in [-0.05, 0) is 13.8 Å². The molecular formula is C8H17NO5. The number of rotatable bonds is 7. The van der Waals surface area contributed by atoms with Gasteiger partial charge in [-0.15, -0.1) is 0 Å². The number of aliphatic hydroxyl groups is 1. The molecule has 0 bridgehead atoms. The highest BCUT2D eigenvalue weighted by atomic mass is 16.7. The predicted octanol–water partition coefficient (Wildman–Crippen LogP) is 0.412. The Morgan fingerprint density at radius 2 is 1.79 bits per heavy atom. The van der Waals surface area contributed by atoms with Crippen LogP contribution in [-0.2, 0) is 9.47 Å². The second-order valence-electron chi connectivity index (χ2n) is 2.80. The summed E-state index contributed by atoms with van der Waals surface area (Å²) in [6.07, 6.45) is -2.17. The van der Waals surface area contributed by atoms with E-state index >= 15 is 0 Å². The van der Waals surface area contributed by atoms with Gasteiger partial charge in [0.25, 0.3) is 0 Å². The maximum atomic E-state index is 10.4. The van der Waals surface area contributed by atoms with Crippen LogP contribution in [0.25, 0.3) is 0 Å². The average Bonchev–Trinajstić information content (AvgIpc) is 2.15. The molecule has 0 aliphatic heterocycles. The average molecular weight is 207 g/mol. The molecule has 0 saturated carbocycles. The van der Waals surface area contributed by atoms with Gasteiger partial charge in [0.05, 0.1) is 0 Å². The maximum Gasteiger partial charge on any atom is 0.240 e. The summed E-state index contributed by atoms with van der Waals surface area (Å²) in [5, 5.41) is 19.9. The van der Waals surface area contributed by atoms with Gasteiger partial charge in [-0.3, -0.25) is 10.1 Å². The van der Waals surface area contributed by atoms with E-state index in [1.54, 1.807) is 13.8 Å². The minimum atomic E-state index is -1.25. The van der Waals surface area contributed by atoms with Crippen LogP contribution in [0, 0.1) is 10.1 Å². The summed E-state index contributed by atoms with van der Waals surface area (Å²) in [7, 11) is 0. The van der Waals surface area contributed by atoms with Gasteiger partial charge < -0.3 is 14.6 Å². The molecule has 0 aromatic rings. The van der Waals surface area contributed by atoms with E-state index in [-0.39, 0.29) is 0 Å². The Morgan fingerprint density at radius 3 is 2.07 bits per heavy atom. The lowest BCUT2D eigenvalue weighted by Crippen LogP contribution is -2.43. The highest BCUT2D eigenvalue weighted by Crippen LogP contribution is 2.08. The molecule has 0 heterocycles. The highest BCUT2D eigenvalue weighted by Gasteiger charge is 2.33. The number of hydrogen-bond donors (Lipinski definition) is 1. The molecule has 0 rings (SSSR count). The predicted molar refractivity (Wildman–Crippen MR) is 49.5 cm³/mol. The van der Waals surface area contributed by atoms with Crippen LogP contribution in [0.5, 0.6) is 0 Å². The normalized spacial score (nSPS) is 15.5. The Balaban J connectivity index is 4.25. The maximum absolute atomic E-state index is 10.4. The fourth-order valence-corrected chi connectivity index (χ4v) is 0.926. The zero-order valence-corrected chi connectivity index (χ0v) is 8.67. The molecule has 14 heavy (non-hydrogen) atoms. The van der Waals surface area contributed by atoms with Crippen LogP contribution < -0.4 is 0 Å². The van der Waals surface area contributed by atoms with Gasteiger partial charge in [0.1, 0.15) is 0 Å². The lowest BCUT2D eigenvalue weighted by Gasteiger charge is -2.22. The monoisotopic (exact) mass is 207 g/mol. The molecule has 84 valence electrons. The van der Waals surface area contributed by atoms with Crippen LogP contribution in [-0.4, -0.2) is 41.7 Å². The molecule has 6 nitrogen and oxygen atoms in total. The fourth-order valence-electron chi connectivity index (χ4n) is 0.926. The van der Waals surface area contributed by atoms with Crippen molar-refractivity contribution in [1.29, 1.82) is 0 Å². The van der Waals surface area contributed by atoms with E-state index < -0.39 is 23.4 Å². The lowest BCUT2D eigenvalue weighted by molar-refractivity contribution is -0.536. The molecule has 2 atom stereocenters. The van der Waals surface area contributed by atoms with E-state index in [1.165, 1.54) is 6.92 Å². The third-order valence-corrected chi connectivity index (χ3v) is 1.77. The summed E-state index contributed by atoms with van der Waals surface area (Å²) in [5.41, 5.74) is 0. The molecule has 6 heteroatoms. The van der Waals surface area contributed by atoms with Crippen molar-refractivity contribution in [2.24, 2.45) is 0 Å². The molecular weight excluding hydrogens is 190 g/mol. The molecule has 1 N–H and O–H groups in total.